The summed E-state index contributed by atoms with van der Waals surface area (Å²) in [6.45, 7) is 1.39. The van der Waals surface area contributed by atoms with E-state index < -0.39 is 6.10 Å². The van der Waals surface area contributed by atoms with Crippen molar-refractivity contribution in [1.82, 2.24) is 14.8 Å². The maximum atomic E-state index is 11.7. The fraction of sp³-hybridized carbons (Fsp3) is 0.667. The summed E-state index contributed by atoms with van der Waals surface area (Å²) in [6, 6.07) is 0. The van der Waals surface area contributed by atoms with Gasteiger partial charge in [0.1, 0.15) is 18.3 Å². The lowest BCUT2D eigenvalue weighted by atomic mass is 10.1. The van der Waals surface area contributed by atoms with Gasteiger partial charge < -0.3 is 9.47 Å². The van der Waals surface area contributed by atoms with E-state index >= 15 is 0 Å². The van der Waals surface area contributed by atoms with Crippen LogP contribution in [0.1, 0.15) is 5.82 Å². The summed E-state index contributed by atoms with van der Waals surface area (Å²) in [6.07, 6.45) is 1.22. The second-order valence-electron chi connectivity index (χ2n) is 3.38. The van der Waals surface area contributed by atoms with Crippen LogP contribution in [-0.4, -0.2) is 46.5 Å². The lowest BCUT2D eigenvalue weighted by Crippen LogP contribution is -2.36. The van der Waals surface area contributed by atoms with Crippen LogP contribution >= 0.6 is 0 Å². The van der Waals surface area contributed by atoms with Crippen molar-refractivity contribution in [3.8, 4) is 0 Å². The SMILES string of the molecule is Cn1ncnc1CC(=O)C1COCCO1. The molecule has 0 spiro atoms. The van der Waals surface area contributed by atoms with Crippen LogP contribution < -0.4 is 0 Å². The van der Waals surface area contributed by atoms with Crippen molar-refractivity contribution in [2.24, 2.45) is 7.05 Å². The highest BCUT2D eigenvalue weighted by Crippen LogP contribution is 2.05. The topological polar surface area (TPSA) is 66.2 Å². The summed E-state index contributed by atoms with van der Waals surface area (Å²) in [5.41, 5.74) is 0. The maximum Gasteiger partial charge on any atom is 0.171 e. The third-order valence-corrected chi connectivity index (χ3v) is 2.31. The van der Waals surface area contributed by atoms with E-state index in [1.807, 2.05) is 0 Å². The van der Waals surface area contributed by atoms with Crippen molar-refractivity contribution >= 4 is 5.78 Å². The van der Waals surface area contributed by atoms with Crippen molar-refractivity contribution in [3.63, 3.8) is 0 Å². The zero-order valence-corrected chi connectivity index (χ0v) is 8.55. The number of hydrogen-bond donors (Lipinski definition) is 0. The van der Waals surface area contributed by atoms with Gasteiger partial charge in [-0.25, -0.2) is 4.98 Å². The molecule has 1 aromatic rings. The summed E-state index contributed by atoms with van der Waals surface area (Å²) in [5, 5.41) is 3.90. The standard InChI is InChI=1S/C9H13N3O3/c1-12-9(10-6-11-12)4-7(13)8-5-14-2-3-15-8/h6,8H,2-5H2,1H3. The first-order chi connectivity index (χ1) is 7.27. The zero-order valence-electron chi connectivity index (χ0n) is 8.55. The van der Waals surface area contributed by atoms with Crippen LogP contribution in [0.4, 0.5) is 0 Å². The average molecular weight is 211 g/mol. The van der Waals surface area contributed by atoms with Gasteiger partial charge in [0.25, 0.3) is 0 Å². The molecule has 15 heavy (non-hydrogen) atoms. The second-order valence-corrected chi connectivity index (χ2v) is 3.38. The number of hydrogen-bond acceptors (Lipinski definition) is 5. The Morgan fingerprint density at radius 2 is 2.53 bits per heavy atom. The van der Waals surface area contributed by atoms with Crippen molar-refractivity contribution < 1.29 is 14.3 Å². The number of nitrogens with zero attached hydrogens (tertiary/aromatic N) is 3. The van der Waals surface area contributed by atoms with Gasteiger partial charge in [-0.15, -0.1) is 0 Å². The van der Waals surface area contributed by atoms with Crippen LogP contribution in [-0.2, 0) is 27.7 Å². The van der Waals surface area contributed by atoms with E-state index in [4.69, 9.17) is 9.47 Å². The summed E-state index contributed by atoms with van der Waals surface area (Å²) >= 11 is 0. The van der Waals surface area contributed by atoms with Crippen molar-refractivity contribution in [2.75, 3.05) is 19.8 Å². The molecule has 1 saturated heterocycles. The van der Waals surface area contributed by atoms with E-state index in [0.29, 0.717) is 25.6 Å². The smallest absolute Gasteiger partial charge is 0.171 e. The monoisotopic (exact) mass is 211 g/mol. The molecular formula is C9H13N3O3. The van der Waals surface area contributed by atoms with Gasteiger partial charge in [0.2, 0.25) is 0 Å². The molecule has 0 aliphatic carbocycles. The molecule has 82 valence electrons. The molecule has 1 atom stereocenters. The maximum absolute atomic E-state index is 11.7. The average Bonchev–Trinajstić information content (AvgIpc) is 2.66. The normalized spacial score (nSPS) is 21.5. The van der Waals surface area contributed by atoms with Crippen LogP contribution in [0.5, 0.6) is 0 Å². The van der Waals surface area contributed by atoms with Crippen molar-refractivity contribution in [1.29, 1.82) is 0 Å². The quantitative estimate of drug-likeness (QED) is 0.664. The molecular weight excluding hydrogens is 198 g/mol. The zero-order chi connectivity index (χ0) is 10.7. The molecule has 1 unspecified atom stereocenters. The Bertz CT molecular complexity index is 344. The van der Waals surface area contributed by atoms with Gasteiger partial charge in [-0.2, -0.15) is 5.10 Å². The predicted molar refractivity (Wildman–Crippen MR) is 50.3 cm³/mol. The minimum atomic E-state index is -0.449. The second kappa shape index (κ2) is 4.50. The molecule has 0 amide bonds. The Labute approximate surface area is 87.2 Å². The molecule has 1 aromatic heterocycles. The van der Waals surface area contributed by atoms with Crippen molar-refractivity contribution in [2.45, 2.75) is 12.5 Å². The fourth-order valence-electron chi connectivity index (χ4n) is 1.42. The lowest BCUT2D eigenvalue weighted by Gasteiger charge is -2.21. The molecule has 2 rings (SSSR count). The number of Topliss-reactive ketones (excluding diaryl/α,β-unsaturated/α-hetero) is 1. The predicted octanol–water partition coefficient (Wildman–Crippen LogP) is -0.658. The lowest BCUT2D eigenvalue weighted by molar-refractivity contribution is -0.144. The molecule has 0 bridgehead atoms. The Hall–Kier alpha value is -1.27. The Morgan fingerprint density at radius 3 is 3.13 bits per heavy atom. The molecule has 2 heterocycles. The molecule has 0 saturated carbocycles. The number of carbonyl (C=O) groups excluding carboxylic acids is 1. The van der Waals surface area contributed by atoms with Crippen LogP contribution in [0.15, 0.2) is 6.33 Å². The molecule has 0 N–H and O–H groups in total. The third-order valence-electron chi connectivity index (χ3n) is 2.31. The van der Waals surface area contributed by atoms with Gasteiger partial charge in [0.15, 0.2) is 5.78 Å². The van der Waals surface area contributed by atoms with Crippen molar-refractivity contribution in [3.05, 3.63) is 12.2 Å². The van der Waals surface area contributed by atoms with Crippen LogP contribution in [0, 0.1) is 0 Å². The highest BCUT2D eigenvalue weighted by molar-refractivity contribution is 5.84. The number of aryl methyl sites for hydroxylation is 1. The Kier molecular flexibility index (Phi) is 3.08. The summed E-state index contributed by atoms with van der Waals surface area (Å²) in [7, 11) is 1.76. The first-order valence-electron chi connectivity index (χ1n) is 4.82. The molecule has 1 fully saturated rings. The Balaban J connectivity index is 1.94. The third kappa shape index (κ3) is 2.40. The van der Waals surface area contributed by atoms with Crippen LogP contribution in [0.2, 0.25) is 0 Å². The number of ketones is 1. The summed E-state index contributed by atoms with van der Waals surface area (Å²) in [4.78, 5) is 15.7. The summed E-state index contributed by atoms with van der Waals surface area (Å²) in [5.74, 6) is 0.639. The number of aromatic nitrogens is 3. The van der Waals surface area contributed by atoms with Crippen LogP contribution in [0.3, 0.4) is 0 Å². The first-order valence-corrected chi connectivity index (χ1v) is 4.82. The molecule has 6 heteroatoms. The van der Waals surface area contributed by atoms with Gasteiger partial charge in [0, 0.05) is 7.05 Å². The van der Waals surface area contributed by atoms with Gasteiger partial charge in [-0.05, 0) is 0 Å². The minimum Gasteiger partial charge on any atom is -0.376 e. The number of carbonyl (C=O) groups is 1. The molecule has 6 nitrogen and oxygen atoms in total. The molecule has 0 radical (unpaired) electrons. The van der Waals surface area contributed by atoms with Crippen LogP contribution in [0.25, 0.3) is 0 Å². The van der Waals surface area contributed by atoms with Gasteiger partial charge in [-0.3, -0.25) is 9.48 Å². The highest BCUT2D eigenvalue weighted by Gasteiger charge is 2.23. The van der Waals surface area contributed by atoms with E-state index in [2.05, 4.69) is 10.1 Å². The number of ether oxygens (including phenoxy) is 2. The molecule has 1 aliphatic heterocycles. The summed E-state index contributed by atoms with van der Waals surface area (Å²) < 4.78 is 12.0. The van der Waals surface area contributed by atoms with Gasteiger partial charge in [0.05, 0.1) is 26.2 Å². The van der Waals surface area contributed by atoms with E-state index in [9.17, 15) is 4.79 Å². The minimum absolute atomic E-state index is 0.00852. The largest absolute Gasteiger partial charge is 0.376 e. The first kappa shape index (κ1) is 10.3. The van der Waals surface area contributed by atoms with E-state index in [-0.39, 0.29) is 12.2 Å². The fourth-order valence-corrected chi connectivity index (χ4v) is 1.42. The van der Waals surface area contributed by atoms with E-state index in [1.165, 1.54) is 6.33 Å². The van der Waals surface area contributed by atoms with E-state index in [1.54, 1.807) is 11.7 Å². The molecule has 1 aliphatic rings. The number of rotatable bonds is 3. The Morgan fingerprint density at radius 1 is 1.67 bits per heavy atom. The van der Waals surface area contributed by atoms with E-state index in [0.717, 1.165) is 0 Å². The highest BCUT2D eigenvalue weighted by atomic mass is 16.6. The molecule has 0 aromatic carbocycles. The van der Waals surface area contributed by atoms with Gasteiger partial charge >= 0.3 is 0 Å². The van der Waals surface area contributed by atoms with Gasteiger partial charge in [-0.1, -0.05) is 0 Å².